The normalized spacial score (nSPS) is 26.3. The quantitative estimate of drug-likeness (QED) is 0.900. The number of nitrogens with zero attached hydrogens (tertiary/aromatic N) is 1. The predicted octanol–water partition coefficient (Wildman–Crippen LogP) is 3.59. The van der Waals surface area contributed by atoms with Gasteiger partial charge in [0.25, 0.3) is 0 Å². The Morgan fingerprint density at radius 1 is 1.38 bits per heavy atom. The standard InChI is InChI=1S/C18H30N2O/c1-5-17(19)18(15-7-6-8-16(12-15)21-4)20-10-9-13(2)11-14(20)3/h6-8,12-14,17-18H,5,9-11,19H2,1-4H3. The minimum atomic E-state index is 0.160. The van der Waals surface area contributed by atoms with Gasteiger partial charge in [-0.2, -0.15) is 0 Å². The van der Waals surface area contributed by atoms with Crippen molar-refractivity contribution in [2.75, 3.05) is 13.7 Å². The van der Waals surface area contributed by atoms with E-state index in [4.69, 9.17) is 10.5 Å². The van der Waals surface area contributed by atoms with Crippen LogP contribution in [0.3, 0.4) is 0 Å². The summed E-state index contributed by atoms with van der Waals surface area (Å²) in [7, 11) is 1.72. The van der Waals surface area contributed by atoms with Gasteiger partial charge < -0.3 is 10.5 Å². The first-order valence-corrected chi connectivity index (χ1v) is 8.22. The molecule has 2 N–H and O–H groups in total. The molecule has 1 aliphatic heterocycles. The number of hydrogen-bond acceptors (Lipinski definition) is 3. The van der Waals surface area contributed by atoms with Crippen LogP contribution in [0.15, 0.2) is 24.3 Å². The number of benzene rings is 1. The molecule has 118 valence electrons. The molecule has 0 radical (unpaired) electrons. The van der Waals surface area contributed by atoms with E-state index in [1.807, 2.05) is 6.07 Å². The van der Waals surface area contributed by atoms with Gasteiger partial charge in [0.15, 0.2) is 0 Å². The highest BCUT2D eigenvalue weighted by molar-refractivity contribution is 5.31. The van der Waals surface area contributed by atoms with Gasteiger partial charge in [-0.25, -0.2) is 0 Å². The summed E-state index contributed by atoms with van der Waals surface area (Å²) in [5.41, 5.74) is 7.77. The molecule has 3 heteroatoms. The van der Waals surface area contributed by atoms with Crippen molar-refractivity contribution in [3.63, 3.8) is 0 Å². The zero-order chi connectivity index (χ0) is 15.4. The van der Waals surface area contributed by atoms with Crippen LogP contribution < -0.4 is 10.5 Å². The van der Waals surface area contributed by atoms with E-state index in [0.29, 0.717) is 6.04 Å². The Hall–Kier alpha value is -1.06. The van der Waals surface area contributed by atoms with Crippen LogP contribution in [0.25, 0.3) is 0 Å². The lowest BCUT2D eigenvalue weighted by atomic mass is 9.88. The second-order valence-electron chi connectivity index (χ2n) is 6.51. The third-order valence-corrected chi connectivity index (χ3v) is 4.86. The highest BCUT2D eigenvalue weighted by atomic mass is 16.5. The van der Waals surface area contributed by atoms with Crippen molar-refractivity contribution >= 4 is 0 Å². The summed E-state index contributed by atoms with van der Waals surface area (Å²) in [6.07, 6.45) is 3.51. The fourth-order valence-electron chi connectivity index (χ4n) is 3.57. The molecule has 21 heavy (non-hydrogen) atoms. The first-order chi connectivity index (χ1) is 10.1. The Labute approximate surface area is 129 Å². The van der Waals surface area contributed by atoms with Crippen molar-refractivity contribution < 1.29 is 4.74 Å². The van der Waals surface area contributed by atoms with Crippen LogP contribution in [-0.4, -0.2) is 30.6 Å². The van der Waals surface area contributed by atoms with E-state index in [1.54, 1.807) is 7.11 Å². The minimum absolute atomic E-state index is 0.160. The second kappa shape index (κ2) is 7.28. The molecule has 1 aromatic carbocycles. The average Bonchev–Trinajstić information content (AvgIpc) is 2.49. The zero-order valence-electron chi connectivity index (χ0n) is 13.9. The summed E-state index contributed by atoms with van der Waals surface area (Å²) in [6.45, 7) is 8.01. The van der Waals surface area contributed by atoms with E-state index in [-0.39, 0.29) is 12.1 Å². The van der Waals surface area contributed by atoms with E-state index in [9.17, 15) is 0 Å². The van der Waals surface area contributed by atoms with Crippen LogP contribution in [0.1, 0.15) is 51.6 Å². The highest BCUT2D eigenvalue weighted by Crippen LogP contribution is 2.34. The largest absolute Gasteiger partial charge is 0.497 e. The Kier molecular flexibility index (Phi) is 5.65. The number of hydrogen-bond donors (Lipinski definition) is 1. The summed E-state index contributed by atoms with van der Waals surface area (Å²) in [6, 6.07) is 9.43. The number of nitrogens with two attached hydrogens (primary N) is 1. The number of likely N-dealkylation sites (tertiary alicyclic amines) is 1. The Bertz CT molecular complexity index is 449. The van der Waals surface area contributed by atoms with Crippen molar-refractivity contribution in [3.8, 4) is 5.75 Å². The average molecular weight is 290 g/mol. The van der Waals surface area contributed by atoms with Crippen LogP contribution >= 0.6 is 0 Å². The van der Waals surface area contributed by atoms with E-state index in [1.165, 1.54) is 18.4 Å². The van der Waals surface area contributed by atoms with Crippen molar-refractivity contribution in [2.45, 2.75) is 58.2 Å². The lowest BCUT2D eigenvalue weighted by Gasteiger charge is -2.44. The van der Waals surface area contributed by atoms with Gasteiger partial charge in [-0.15, -0.1) is 0 Å². The van der Waals surface area contributed by atoms with E-state index in [2.05, 4.69) is 43.9 Å². The fourth-order valence-corrected chi connectivity index (χ4v) is 3.57. The van der Waals surface area contributed by atoms with Crippen molar-refractivity contribution in [2.24, 2.45) is 11.7 Å². The lowest BCUT2D eigenvalue weighted by molar-refractivity contribution is 0.0671. The van der Waals surface area contributed by atoms with Crippen molar-refractivity contribution in [1.82, 2.24) is 4.90 Å². The molecule has 3 nitrogen and oxygen atoms in total. The summed E-state index contributed by atoms with van der Waals surface area (Å²) in [5.74, 6) is 1.74. The third-order valence-electron chi connectivity index (χ3n) is 4.86. The molecule has 0 aromatic heterocycles. The maximum absolute atomic E-state index is 6.49. The predicted molar refractivity (Wildman–Crippen MR) is 88.6 cm³/mol. The summed E-state index contributed by atoms with van der Waals surface area (Å²) >= 11 is 0. The lowest BCUT2D eigenvalue weighted by Crippen LogP contribution is -2.48. The second-order valence-corrected chi connectivity index (χ2v) is 6.51. The molecule has 1 aliphatic rings. The molecular formula is C18H30N2O. The first-order valence-electron chi connectivity index (χ1n) is 8.22. The molecule has 1 heterocycles. The Morgan fingerprint density at radius 3 is 2.76 bits per heavy atom. The molecule has 1 saturated heterocycles. The van der Waals surface area contributed by atoms with Gasteiger partial charge in [0, 0.05) is 12.1 Å². The number of methoxy groups -OCH3 is 1. The van der Waals surface area contributed by atoms with Gasteiger partial charge in [0.1, 0.15) is 5.75 Å². The summed E-state index contributed by atoms with van der Waals surface area (Å²) in [5, 5.41) is 0. The van der Waals surface area contributed by atoms with E-state index >= 15 is 0 Å². The maximum Gasteiger partial charge on any atom is 0.119 e. The molecule has 4 atom stereocenters. The van der Waals surface area contributed by atoms with Crippen LogP contribution in [0.4, 0.5) is 0 Å². The molecule has 0 amide bonds. The van der Waals surface area contributed by atoms with Gasteiger partial charge in [0.05, 0.1) is 13.2 Å². The van der Waals surface area contributed by atoms with Crippen molar-refractivity contribution in [1.29, 1.82) is 0 Å². The van der Waals surface area contributed by atoms with Gasteiger partial charge in [0.2, 0.25) is 0 Å². The van der Waals surface area contributed by atoms with Gasteiger partial charge in [-0.05, 0) is 56.3 Å². The third kappa shape index (κ3) is 3.78. The monoisotopic (exact) mass is 290 g/mol. The van der Waals surface area contributed by atoms with E-state index in [0.717, 1.165) is 24.6 Å². The van der Waals surface area contributed by atoms with Gasteiger partial charge >= 0.3 is 0 Å². The van der Waals surface area contributed by atoms with Gasteiger partial charge in [-0.1, -0.05) is 26.0 Å². The summed E-state index contributed by atoms with van der Waals surface area (Å²) in [4.78, 5) is 2.60. The molecular weight excluding hydrogens is 260 g/mol. The highest BCUT2D eigenvalue weighted by Gasteiger charge is 2.32. The van der Waals surface area contributed by atoms with Crippen LogP contribution in [-0.2, 0) is 0 Å². The molecule has 2 rings (SSSR count). The van der Waals surface area contributed by atoms with Crippen LogP contribution in [0.2, 0.25) is 0 Å². The molecule has 1 fully saturated rings. The van der Waals surface area contributed by atoms with Crippen LogP contribution in [0, 0.1) is 5.92 Å². The van der Waals surface area contributed by atoms with E-state index < -0.39 is 0 Å². The molecule has 4 unspecified atom stereocenters. The molecule has 1 aromatic rings. The fraction of sp³-hybridized carbons (Fsp3) is 0.667. The molecule has 0 bridgehead atoms. The topological polar surface area (TPSA) is 38.5 Å². The Morgan fingerprint density at radius 2 is 2.14 bits per heavy atom. The molecule has 0 saturated carbocycles. The zero-order valence-corrected chi connectivity index (χ0v) is 13.9. The number of rotatable bonds is 5. The van der Waals surface area contributed by atoms with Gasteiger partial charge in [-0.3, -0.25) is 4.90 Å². The van der Waals surface area contributed by atoms with Crippen LogP contribution in [0.5, 0.6) is 5.75 Å². The number of ether oxygens (including phenoxy) is 1. The SMILES string of the molecule is CCC(N)C(c1cccc(OC)c1)N1CCC(C)CC1C. The first kappa shape index (κ1) is 16.3. The summed E-state index contributed by atoms with van der Waals surface area (Å²) < 4.78 is 5.39. The maximum atomic E-state index is 6.49. The number of piperidine rings is 1. The molecule has 0 aliphatic carbocycles. The van der Waals surface area contributed by atoms with Crippen molar-refractivity contribution in [3.05, 3.63) is 29.8 Å². The smallest absolute Gasteiger partial charge is 0.119 e. The molecule has 0 spiro atoms. The minimum Gasteiger partial charge on any atom is -0.497 e. The Balaban J connectivity index is 2.29.